The Morgan fingerprint density at radius 3 is 2.54 bits per heavy atom. The van der Waals surface area contributed by atoms with Crippen LogP contribution in [0.4, 0.5) is 0 Å². The first-order valence-electron chi connectivity index (χ1n) is 7.93. The summed E-state index contributed by atoms with van der Waals surface area (Å²) in [6, 6.07) is 1.90. The minimum atomic E-state index is -3.19. The molecule has 0 rings (SSSR count). The summed E-state index contributed by atoms with van der Waals surface area (Å²) in [6.07, 6.45) is 0.148. The van der Waals surface area contributed by atoms with Crippen molar-refractivity contribution in [2.75, 3.05) is 47.3 Å². The maximum absolute atomic E-state index is 11.7. The fourth-order valence-corrected chi connectivity index (χ4v) is 3.28. The third kappa shape index (κ3) is 12.3. The number of nitrogens with zero attached hydrogens (tertiary/aromatic N) is 1. The van der Waals surface area contributed by atoms with Crippen LogP contribution in [0.25, 0.3) is 0 Å². The van der Waals surface area contributed by atoms with E-state index in [9.17, 15) is 9.59 Å². The van der Waals surface area contributed by atoms with Gasteiger partial charge in [0.2, 0.25) is 5.91 Å². The lowest BCUT2D eigenvalue weighted by atomic mass is 10.2. The lowest BCUT2D eigenvalue weighted by Gasteiger charge is -2.23. The molecule has 10 nitrogen and oxygen atoms in total. The predicted octanol–water partition coefficient (Wildman–Crippen LogP) is 0.0292. The van der Waals surface area contributed by atoms with Crippen LogP contribution < -0.4 is 10.6 Å². The number of amides is 1. The van der Waals surface area contributed by atoms with Crippen molar-refractivity contribution in [3.05, 3.63) is 0 Å². The van der Waals surface area contributed by atoms with Crippen molar-refractivity contribution < 1.29 is 33.0 Å². The number of carbonyl (C=O) groups excluding carboxylic acids is 2. The van der Waals surface area contributed by atoms with Crippen LogP contribution in [0.3, 0.4) is 0 Å². The number of hydrogen-bond donors (Lipinski definition) is 3. The Morgan fingerprint density at radius 2 is 1.96 bits per heavy atom. The normalized spacial score (nSPS) is 14.1. The Bertz CT molecular complexity index is 515. The molecule has 12 heteroatoms. The SMILES string of the molecule is CNCC(COC(=O)CCC(=O)NC)COP(=S)(OCO)OCCC#N. The van der Waals surface area contributed by atoms with E-state index in [1.54, 1.807) is 7.05 Å². The number of rotatable bonds is 15. The van der Waals surface area contributed by atoms with Crippen LogP contribution in [-0.2, 0) is 39.7 Å². The van der Waals surface area contributed by atoms with Gasteiger partial charge in [-0.25, -0.2) is 0 Å². The van der Waals surface area contributed by atoms with Crippen LogP contribution in [0.1, 0.15) is 19.3 Å². The second-order valence-corrected chi connectivity index (χ2v) is 8.03. The molecule has 0 aromatic rings. The fraction of sp³-hybridized carbons (Fsp3) is 0.786. The highest BCUT2D eigenvalue weighted by Crippen LogP contribution is 2.49. The number of esters is 1. The molecule has 150 valence electrons. The molecule has 0 fully saturated rings. The van der Waals surface area contributed by atoms with E-state index >= 15 is 0 Å². The van der Waals surface area contributed by atoms with Gasteiger partial charge in [0, 0.05) is 25.9 Å². The Hall–Kier alpha value is -1.12. The minimum absolute atomic E-state index is 0.0182. The van der Waals surface area contributed by atoms with Gasteiger partial charge in [-0.15, -0.1) is 0 Å². The first-order valence-corrected chi connectivity index (χ1v) is 10.5. The summed E-state index contributed by atoms with van der Waals surface area (Å²) in [6.45, 7) is -3.25. The summed E-state index contributed by atoms with van der Waals surface area (Å²) in [7, 11) is 3.22. The monoisotopic (exact) mass is 411 g/mol. The number of ether oxygens (including phenoxy) is 1. The largest absolute Gasteiger partial charge is 0.465 e. The van der Waals surface area contributed by atoms with Crippen molar-refractivity contribution in [1.29, 1.82) is 5.26 Å². The Balaban J connectivity index is 4.45. The molecule has 0 spiro atoms. The second-order valence-electron chi connectivity index (χ2n) is 5.02. The maximum atomic E-state index is 11.7. The van der Waals surface area contributed by atoms with E-state index in [1.165, 1.54) is 7.05 Å². The third-order valence-corrected chi connectivity index (χ3v) is 5.30. The molecule has 0 aliphatic heterocycles. The Morgan fingerprint density at radius 1 is 1.23 bits per heavy atom. The maximum Gasteiger partial charge on any atom is 0.329 e. The van der Waals surface area contributed by atoms with Gasteiger partial charge in [0.15, 0.2) is 6.79 Å². The highest BCUT2D eigenvalue weighted by molar-refractivity contribution is 8.07. The highest BCUT2D eigenvalue weighted by Gasteiger charge is 2.23. The summed E-state index contributed by atoms with van der Waals surface area (Å²) in [5.74, 6) is -0.979. The molecule has 0 radical (unpaired) electrons. The average molecular weight is 411 g/mol. The van der Waals surface area contributed by atoms with Crippen LogP contribution in [-0.4, -0.2) is 64.2 Å². The summed E-state index contributed by atoms with van der Waals surface area (Å²) < 4.78 is 20.9. The molecule has 26 heavy (non-hydrogen) atoms. The van der Waals surface area contributed by atoms with E-state index in [2.05, 4.69) is 10.6 Å². The van der Waals surface area contributed by atoms with E-state index in [0.29, 0.717) is 6.54 Å². The van der Waals surface area contributed by atoms with Crippen molar-refractivity contribution in [3.8, 4) is 6.07 Å². The van der Waals surface area contributed by atoms with Crippen LogP contribution in [0, 0.1) is 17.2 Å². The molecule has 0 heterocycles. The Labute approximate surface area is 158 Å². The molecular formula is C14H26N3O7PS. The van der Waals surface area contributed by atoms with Crippen molar-refractivity contribution in [1.82, 2.24) is 10.6 Å². The van der Waals surface area contributed by atoms with Gasteiger partial charge in [-0.05, 0) is 18.9 Å². The quantitative estimate of drug-likeness (QED) is 0.146. The molecule has 0 aliphatic rings. The summed E-state index contributed by atoms with van der Waals surface area (Å²) in [4.78, 5) is 22.8. The number of nitriles is 1. The smallest absolute Gasteiger partial charge is 0.329 e. The number of nitrogens with one attached hydrogen (secondary N) is 2. The van der Waals surface area contributed by atoms with Gasteiger partial charge in [-0.1, -0.05) is 0 Å². The third-order valence-electron chi connectivity index (χ3n) is 2.96. The van der Waals surface area contributed by atoms with E-state index in [-0.39, 0.29) is 50.9 Å². The second kappa shape index (κ2) is 15.0. The van der Waals surface area contributed by atoms with Crippen molar-refractivity contribution in [2.45, 2.75) is 19.3 Å². The highest BCUT2D eigenvalue weighted by atomic mass is 32.5. The standard InChI is InChI=1S/C14H26N3O7PS/c1-16-8-12(9-21-14(20)5-4-13(19)17-2)10-23-25(26,24-11-18)22-7-3-6-15/h12,16,18H,3-5,7-11H2,1-2H3,(H,17,19). The van der Waals surface area contributed by atoms with Gasteiger partial charge >= 0.3 is 12.7 Å². The van der Waals surface area contributed by atoms with Crippen molar-refractivity contribution in [3.63, 3.8) is 0 Å². The van der Waals surface area contributed by atoms with E-state index < -0.39 is 19.5 Å². The van der Waals surface area contributed by atoms with Crippen LogP contribution in [0.15, 0.2) is 0 Å². The first-order chi connectivity index (χ1) is 12.4. The van der Waals surface area contributed by atoms with Crippen LogP contribution in [0.2, 0.25) is 0 Å². The van der Waals surface area contributed by atoms with Crippen molar-refractivity contribution in [2.24, 2.45) is 5.92 Å². The average Bonchev–Trinajstić information content (AvgIpc) is 2.62. The molecule has 2 atom stereocenters. The molecule has 1 amide bonds. The molecule has 0 bridgehead atoms. The number of aliphatic hydroxyl groups excluding tert-OH is 1. The van der Waals surface area contributed by atoms with Gasteiger partial charge in [-0.2, -0.15) is 5.26 Å². The topological polar surface area (TPSA) is 139 Å². The van der Waals surface area contributed by atoms with Gasteiger partial charge in [0.25, 0.3) is 0 Å². The van der Waals surface area contributed by atoms with Gasteiger partial charge < -0.3 is 29.5 Å². The first kappa shape index (κ1) is 24.9. The summed E-state index contributed by atoms with van der Waals surface area (Å²) in [5.41, 5.74) is 0. The summed E-state index contributed by atoms with van der Waals surface area (Å²) >= 11 is 5.14. The van der Waals surface area contributed by atoms with E-state index in [4.69, 9.17) is 40.5 Å². The lowest BCUT2D eigenvalue weighted by Crippen LogP contribution is -2.28. The number of carbonyl (C=O) groups is 2. The van der Waals surface area contributed by atoms with E-state index in [1.807, 2.05) is 6.07 Å². The van der Waals surface area contributed by atoms with E-state index in [0.717, 1.165) is 0 Å². The zero-order valence-corrected chi connectivity index (χ0v) is 16.6. The van der Waals surface area contributed by atoms with Crippen LogP contribution in [0.5, 0.6) is 0 Å². The molecule has 0 aromatic heterocycles. The Kier molecular flexibility index (Phi) is 14.3. The number of aliphatic hydroxyl groups is 1. The fourth-order valence-electron chi connectivity index (χ4n) is 1.66. The molecule has 0 aliphatic carbocycles. The zero-order chi connectivity index (χ0) is 19.8. The van der Waals surface area contributed by atoms with Gasteiger partial charge in [0.1, 0.15) is 0 Å². The molecule has 0 saturated carbocycles. The van der Waals surface area contributed by atoms with Gasteiger partial charge in [0.05, 0.1) is 38.7 Å². The molecule has 0 saturated heterocycles. The number of hydrogen-bond acceptors (Lipinski definition) is 10. The van der Waals surface area contributed by atoms with Crippen molar-refractivity contribution >= 4 is 30.4 Å². The predicted molar refractivity (Wildman–Crippen MR) is 96.3 cm³/mol. The van der Waals surface area contributed by atoms with Gasteiger partial charge in [-0.3, -0.25) is 14.1 Å². The minimum Gasteiger partial charge on any atom is -0.465 e. The molecule has 3 N–H and O–H groups in total. The summed E-state index contributed by atoms with van der Waals surface area (Å²) in [5, 5.41) is 22.8. The molecule has 2 unspecified atom stereocenters. The van der Waals surface area contributed by atoms with Crippen LogP contribution >= 0.6 is 6.72 Å². The molecule has 0 aromatic carbocycles. The zero-order valence-electron chi connectivity index (χ0n) is 14.9. The lowest BCUT2D eigenvalue weighted by molar-refractivity contribution is -0.146. The molecular weight excluding hydrogens is 385 g/mol.